The molecular weight excluding hydrogens is 350 g/mol. The summed E-state index contributed by atoms with van der Waals surface area (Å²) in [6.07, 6.45) is 0.0172. The smallest absolute Gasteiger partial charge is 0.267 e. The molecule has 6 nitrogen and oxygen atoms in total. The van der Waals surface area contributed by atoms with Gasteiger partial charge in [0.2, 0.25) is 0 Å². The van der Waals surface area contributed by atoms with Crippen LogP contribution in [-0.4, -0.2) is 28.0 Å². The number of aliphatic hydroxyl groups excluding tert-OH is 1. The van der Waals surface area contributed by atoms with Crippen LogP contribution in [0.15, 0.2) is 12.1 Å². The highest BCUT2D eigenvalue weighted by molar-refractivity contribution is 7.17. The monoisotopic (exact) mass is 375 g/mol. The maximum absolute atomic E-state index is 12.7. The summed E-state index contributed by atoms with van der Waals surface area (Å²) in [7, 11) is 0. The first-order valence-corrected chi connectivity index (χ1v) is 9.40. The van der Waals surface area contributed by atoms with E-state index in [1.165, 1.54) is 0 Å². The summed E-state index contributed by atoms with van der Waals surface area (Å²) in [6.45, 7) is 9.53. The number of carbonyl (C=O) groups is 2. The Hall–Kier alpha value is -2.25. The Morgan fingerprint density at radius 2 is 1.77 bits per heavy atom. The predicted molar refractivity (Wildman–Crippen MR) is 105 cm³/mol. The van der Waals surface area contributed by atoms with Crippen molar-refractivity contribution in [3.8, 4) is 0 Å². The third-order valence-corrected chi connectivity index (χ3v) is 5.08. The first-order chi connectivity index (χ1) is 12.2. The van der Waals surface area contributed by atoms with Crippen molar-refractivity contribution in [2.75, 3.05) is 10.6 Å². The second-order valence-electron chi connectivity index (χ2n) is 6.46. The van der Waals surface area contributed by atoms with Crippen LogP contribution in [0, 0.1) is 27.7 Å². The molecule has 1 aromatic heterocycles. The van der Waals surface area contributed by atoms with Crippen molar-refractivity contribution < 1.29 is 14.7 Å². The van der Waals surface area contributed by atoms with Crippen LogP contribution in [0.4, 0.5) is 10.8 Å². The van der Waals surface area contributed by atoms with Crippen LogP contribution >= 0.6 is 11.3 Å². The van der Waals surface area contributed by atoms with Crippen LogP contribution in [-0.2, 0) is 4.79 Å². The van der Waals surface area contributed by atoms with E-state index in [4.69, 9.17) is 0 Å². The molecule has 0 aliphatic carbocycles. The average Bonchev–Trinajstić information content (AvgIpc) is 2.91. The number of aryl methyl sites for hydroxylation is 4. The first-order valence-electron chi connectivity index (χ1n) is 8.58. The molecule has 1 heterocycles. The van der Waals surface area contributed by atoms with Gasteiger partial charge in [-0.05, 0) is 45.2 Å². The second kappa shape index (κ2) is 8.42. The third kappa shape index (κ3) is 4.68. The minimum Gasteiger partial charge on any atom is -0.383 e. The van der Waals surface area contributed by atoms with Gasteiger partial charge in [0.05, 0.1) is 5.69 Å². The topological polar surface area (TPSA) is 91.3 Å². The van der Waals surface area contributed by atoms with Crippen molar-refractivity contribution in [1.82, 2.24) is 4.98 Å². The third-order valence-electron chi connectivity index (χ3n) is 4.01. The minimum absolute atomic E-state index is 0.260. The highest BCUT2D eigenvalue weighted by atomic mass is 32.1. The summed E-state index contributed by atoms with van der Waals surface area (Å²) < 4.78 is 0. The molecule has 26 heavy (non-hydrogen) atoms. The number of thiazole rings is 1. The number of benzene rings is 1. The number of nitrogens with one attached hydrogen (secondary N) is 2. The lowest BCUT2D eigenvalue weighted by molar-refractivity contribution is -0.124. The van der Waals surface area contributed by atoms with Crippen molar-refractivity contribution in [1.29, 1.82) is 0 Å². The standard InChI is InChI=1S/C19H25N3O3S/c1-6-7-14(23)17(24)22-19-20-13(5)16(26-19)18(25)21-15-11(3)8-10(2)9-12(15)4/h8-9,14,23H,6-7H2,1-5H3,(H,21,25)(H,20,22,24). The Bertz CT molecular complexity index is 806. The van der Waals surface area contributed by atoms with Gasteiger partial charge in [0.15, 0.2) is 5.13 Å². The van der Waals surface area contributed by atoms with Gasteiger partial charge in [-0.1, -0.05) is 42.4 Å². The van der Waals surface area contributed by atoms with Gasteiger partial charge in [0.1, 0.15) is 11.0 Å². The maximum Gasteiger partial charge on any atom is 0.267 e. The molecule has 0 fully saturated rings. The lowest BCUT2D eigenvalue weighted by Crippen LogP contribution is -2.27. The van der Waals surface area contributed by atoms with Gasteiger partial charge in [-0.25, -0.2) is 4.98 Å². The van der Waals surface area contributed by atoms with E-state index in [0.29, 0.717) is 28.5 Å². The van der Waals surface area contributed by atoms with Crippen LogP contribution < -0.4 is 10.6 Å². The molecule has 1 unspecified atom stereocenters. The van der Waals surface area contributed by atoms with E-state index in [9.17, 15) is 14.7 Å². The Morgan fingerprint density at radius 1 is 1.15 bits per heavy atom. The summed E-state index contributed by atoms with van der Waals surface area (Å²) in [5, 5.41) is 15.6. The summed E-state index contributed by atoms with van der Waals surface area (Å²) in [5.41, 5.74) is 4.46. The van der Waals surface area contributed by atoms with Gasteiger partial charge in [0.25, 0.3) is 11.8 Å². The Kier molecular flexibility index (Phi) is 6.50. The van der Waals surface area contributed by atoms with Crippen molar-refractivity contribution in [2.45, 2.75) is 53.6 Å². The molecule has 0 radical (unpaired) electrons. The quantitative estimate of drug-likeness (QED) is 0.717. The molecule has 1 aromatic carbocycles. The van der Waals surface area contributed by atoms with Gasteiger partial charge in [-0.15, -0.1) is 0 Å². The molecule has 0 aliphatic rings. The van der Waals surface area contributed by atoms with Crippen LogP contribution in [0.5, 0.6) is 0 Å². The number of nitrogens with zero attached hydrogens (tertiary/aromatic N) is 1. The summed E-state index contributed by atoms with van der Waals surface area (Å²) in [6, 6.07) is 4.03. The predicted octanol–water partition coefficient (Wildman–Crippen LogP) is 3.73. The summed E-state index contributed by atoms with van der Waals surface area (Å²) in [4.78, 5) is 29.2. The van der Waals surface area contributed by atoms with Crippen LogP contribution in [0.2, 0.25) is 0 Å². The molecule has 0 spiro atoms. The molecule has 7 heteroatoms. The molecule has 2 amide bonds. The van der Waals surface area contributed by atoms with Gasteiger partial charge in [-0.2, -0.15) is 0 Å². The van der Waals surface area contributed by atoms with Crippen LogP contribution in [0.1, 0.15) is 51.8 Å². The van der Waals surface area contributed by atoms with Crippen LogP contribution in [0.3, 0.4) is 0 Å². The lowest BCUT2D eigenvalue weighted by atomic mass is 10.1. The van der Waals surface area contributed by atoms with Gasteiger partial charge in [-0.3, -0.25) is 14.9 Å². The number of carbonyl (C=O) groups excluding carboxylic acids is 2. The number of aromatic nitrogens is 1. The zero-order valence-corrected chi connectivity index (χ0v) is 16.6. The van der Waals surface area contributed by atoms with E-state index in [1.54, 1.807) is 6.92 Å². The van der Waals surface area contributed by atoms with E-state index < -0.39 is 12.0 Å². The molecule has 140 valence electrons. The van der Waals surface area contributed by atoms with Crippen molar-refractivity contribution in [2.24, 2.45) is 0 Å². The minimum atomic E-state index is -1.07. The SMILES string of the molecule is CCCC(O)C(=O)Nc1nc(C)c(C(=O)Nc2c(C)cc(C)cc2C)s1. The molecular formula is C19H25N3O3S. The van der Waals surface area contributed by atoms with Gasteiger partial charge < -0.3 is 10.4 Å². The Labute approximate surface area is 157 Å². The number of anilines is 2. The second-order valence-corrected chi connectivity index (χ2v) is 7.45. The molecule has 0 bridgehead atoms. The average molecular weight is 375 g/mol. The molecule has 0 saturated carbocycles. The molecule has 2 rings (SSSR count). The summed E-state index contributed by atoms with van der Waals surface area (Å²) in [5.74, 6) is -0.762. The number of rotatable bonds is 6. The number of aliphatic hydroxyl groups is 1. The Balaban J connectivity index is 2.16. The van der Waals surface area contributed by atoms with Crippen molar-refractivity contribution >= 4 is 34.0 Å². The highest BCUT2D eigenvalue weighted by Crippen LogP contribution is 2.27. The number of amides is 2. The largest absolute Gasteiger partial charge is 0.383 e. The fourth-order valence-corrected chi connectivity index (χ4v) is 3.67. The molecule has 3 N–H and O–H groups in total. The first kappa shape index (κ1) is 20.1. The zero-order valence-electron chi connectivity index (χ0n) is 15.8. The molecule has 0 aliphatic heterocycles. The van der Waals surface area contributed by atoms with E-state index in [1.807, 2.05) is 39.8 Å². The summed E-state index contributed by atoms with van der Waals surface area (Å²) >= 11 is 1.10. The van der Waals surface area contributed by atoms with Crippen molar-refractivity contribution in [3.05, 3.63) is 39.4 Å². The Morgan fingerprint density at radius 3 is 2.35 bits per heavy atom. The highest BCUT2D eigenvalue weighted by Gasteiger charge is 2.20. The molecule has 0 saturated heterocycles. The lowest BCUT2D eigenvalue weighted by Gasteiger charge is -2.12. The number of hydrogen-bond acceptors (Lipinski definition) is 5. The number of hydrogen-bond donors (Lipinski definition) is 3. The van der Waals surface area contributed by atoms with Crippen LogP contribution in [0.25, 0.3) is 0 Å². The molecule has 2 aromatic rings. The van der Waals surface area contributed by atoms with E-state index in [0.717, 1.165) is 33.7 Å². The van der Waals surface area contributed by atoms with Crippen molar-refractivity contribution in [3.63, 3.8) is 0 Å². The van der Waals surface area contributed by atoms with E-state index in [-0.39, 0.29) is 5.91 Å². The molecule has 1 atom stereocenters. The maximum atomic E-state index is 12.7. The fraction of sp³-hybridized carbons (Fsp3) is 0.421. The van der Waals surface area contributed by atoms with Gasteiger partial charge >= 0.3 is 0 Å². The van der Waals surface area contributed by atoms with E-state index >= 15 is 0 Å². The zero-order chi connectivity index (χ0) is 19.4. The fourth-order valence-electron chi connectivity index (χ4n) is 2.80. The normalized spacial score (nSPS) is 11.9. The van der Waals surface area contributed by atoms with Gasteiger partial charge in [0, 0.05) is 5.69 Å². The van der Waals surface area contributed by atoms with E-state index in [2.05, 4.69) is 15.6 Å².